The largest absolute Gasteiger partial charge is 0.491 e. The molecule has 0 spiro atoms. The fourth-order valence-corrected chi connectivity index (χ4v) is 2.94. The van der Waals surface area contributed by atoms with Gasteiger partial charge in [-0.3, -0.25) is 9.69 Å². The van der Waals surface area contributed by atoms with E-state index in [0.717, 1.165) is 11.1 Å². The van der Waals surface area contributed by atoms with Gasteiger partial charge in [0.2, 0.25) is 0 Å². The predicted molar refractivity (Wildman–Crippen MR) is 145 cm³/mol. The van der Waals surface area contributed by atoms with Gasteiger partial charge < -0.3 is 24.1 Å². The molecule has 2 aromatic rings. The summed E-state index contributed by atoms with van der Waals surface area (Å²) in [5, 5.41) is 8.62. The van der Waals surface area contributed by atoms with Crippen molar-refractivity contribution in [3.05, 3.63) is 71.8 Å². The van der Waals surface area contributed by atoms with Crippen molar-refractivity contribution in [1.29, 1.82) is 0 Å². The first kappa shape index (κ1) is 29.8. The molecule has 0 aliphatic rings. The van der Waals surface area contributed by atoms with Gasteiger partial charge >= 0.3 is 6.09 Å². The highest BCUT2D eigenvalue weighted by Gasteiger charge is 2.20. The first-order valence-electron chi connectivity index (χ1n) is 12.1. The first-order chi connectivity index (χ1) is 17.7. The zero-order valence-corrected chi connectivity index (χ0v) is 22.0. The molecule has 2 rings (SSSR count). The summed E-state index contributed by atoms with van der Waals surface area (Å²) in [5.74, 6) is 0.569. The number of nitrogens with zero attached hydrogens (tertiary/aromatic N) is 1. The Morgan fingerprint density at radius 2 is 1.32 bits per heavy atom. The monoisotopic (exact) mass is 511 g/mol. The predicted octanol–water partition coefficient (Wildman–Crippen LogP) is 4.76. The number of ketones is 1. The number of aliphatic hydroxyl groups is 1. The van der Waals surface area contributed by atoms with Gasteiger partial charge in [0, 0.05) is 12.7 Å². The normalized spacial score (nSPS) is 11.7. The highest BCUT2D eigenvalue weighted by atomic mass is 16.6. The van der Waals surface area contributed by atoms with Crippen molar-refractivity contribution in [3.63, 3.8) is 0 Å². The minimum atomic E-state index is -0.564. The molecule has 0 atom stereocenters. The van der Waals surface area contributed by atoms with Crippen molar-refractivity contribution < 1.29 is 33.6 Å². The van der Waals surface area contributed by atoms with Crippen LogP contribution in [0, 0.1) is 0 Å². The smallest absolute Gasteiger partial charge is 0.414 e. The molecule has 37 heavy (non-hydrogen) atoms. The highest BCUT2D eigenvalue weighted by Crippen LogP contribution is 2.18. The van der Waals surface area contributed by atoms with Crippen molar-refractivity contribution in [2.24, 2.45) is 0 Å². The number of allylic oxidation sites excluding steroid dienone is 2. The minimum Gasteiger partial charge on any atom is -0.491 e. The third-order valence-electron chi connectivity index (χ3n) is 4.81. The second-order valence-electron chi connectivity index (χ2n) is 9.07. The fraction of sp³-hybridized carbons (Fsp3) is 0.379. The lowest BCUT2D eigenvalue weighted by molar-refractivity contribution is -0.110. The van der Waals surface area contributed by atoms with Crippen molar-refractivity contribution in [3.8, 4) is 5.75 Å². The van der Waals surface area contributed by atoms with Crippen molar-refractivity contribution in [2.75, 3.05) is 51.6 Å². The zero-order chi connectivity index (χ0) is 27.1. The lowest BCUT2D eigenvalue weighted by atomic mass is 10.1. The van der Waals surface area contributed by atoms with E-state index in [9.17, 15) is 9.59 Å². The summed E-state index contributed by atoms with van der Waals surface area (Å²) in [7, 11) is 1.65. The number of carbonyl (C=O) groups is 2. The molecule has 0 saturated heterocycles. The van der Waals surface area contributed by atoms with Crippen LogP contribution < -0.4 is 9.64 Å². The van der Waals surface area contributed by atoms with Gasteiger partial charge in [0.05, 0.1) is 33.0 Å². The number of anilines is 1. The number of ether oxygens (including phenoxy) is 4. The Morgan fingerprint density at radius 3 is 1.86 bits per heavy atom. The number of hydrogen-bond donors (Lipinski definition) is 1. The molecule has 1 amide bonds. The lowest BCUT2D eigenvalue weighted by Gasteiger charge is -2.24. The van der Waals surface area contributed by atoms with E-state index in [0.29, 0.717) is 44.5 Å². The van der Waals surface area contributed by atoms with Gasteiger partial charge in [-0.2, -0.15) is 0 Å². The summed E-state index contributed by atoms with van der Waals surface area (Å²) < 4.78 is 21.5. The third kappa shape index (κ3) is 12.4. The van der Waals surface area contributed by atoms with E-state index < -0.39 is 11.7 Å². The highest BCUT2D eigenvalue weighted by molar-refractivity contribution is 6.04. The van der Waals surface area contributed by atoms with Crippen LogP contribution in [0.1, 0.15) is 31.9 Å². The molecular weight excluding hydrogens is 474 g/mol. The van der Waals surface area contributed by atoms with Crippen LogP contribution in [0.15, 0.2) is 60.7 Å². The molecule has 8 nitrogen and oxygen atoms in total. The Balaban J connectivity index is 1.76. The van der Waals surface area contributed by atoms with Gasteiger partial charge in [-0.25, -0.2) is 4.79 Å². The molecule has 0 saturated carbocycles. The third-order valence-corrected chi connectivity index (χ3v) is 4.81. The molecule has 0 fully saturated rings. The summed E-state index contributed by atoms with van der Waals surface area (Å²) in [6.07, 6.45) is 6.03. The van der Waals surface area contributed by atoms with Crippen molar-refractivity contribution in [1.82, 2.24) is 0 Å². The SMILES string of the molecule is CN(C(=O)OC(C)(C)C)c1ccc(/C=C/C(=O)/C=C/c2ccc(OCCOCCOCCO)cc2)cc1. The minimum absolute atomic E-state index is 0.00558. The second-order valence-corrected chi connectivity index (χ2v) is 9.07. The molecule has 200 valence electrons. The second kappa shape index (κ2) is 15.6. The summed E-state index contributed by atoms with van der Waals surface area (Å²) >= 11 is 0. The van der Waals surface area contributed by atoms with Crippen molar-refractivity contribution in [2.45, 2.75) is 26.4 Å². The molecule has 0 aliphatic heterocycles. The average molecular weight is 512 g/mol. The van der Waals surface area contributed by atoms with E-state index in [-0.39, 0.29) is 12.4 Å². The Bertz CT molecular complexity index is 1020. The topological polar surface area (TPSA) is 94.5 Å². The van der Waals surface area contributed by atoms with Gasteiger partial charge in [-0.15, -0.1) is 0 Å². The van der Waals surface area contributed by atoms with Crippen LogP contribution in [-0.4, -0.2) is 69.3 Å². The van der Waals surface area contributed by atoms with E-state index >= 15 is 0 Å². The van der Waals surface area contributed by atoms with Gasteiger partial charge in [-0.1, -0.05) is 36.4 Å². The summed E-state index contributed by atoms with van der Waals surface area (Å²) in [5.41, 5.74) is 1.85. The molecule has 0 unspecified atom stereocenters. The summed E-state index contributed by atoms with van der Waals surface area (Å²) in [6, 6.07) is 14.7. The molecule has 0 bridgehead atoms. The molecule has 8 heteroatoms. The van der Waals surface area contributed by atoms with E-state index in [4.69, 9.17) is 24.1 Å². The number of amides is 1. The van der Waals surface area contributed by atoms with Crippen LogP contribution in [0.4, 0.5) is 10.5 Å². The maximum Gasteiger partial charge on any atom is 0.414 e. The van der Waals surface area contributed by atoms with Gasteiger partial charge in [0.1, 0.15) is 18.0 Å². The number of rotatable bonds is 14. The van der Waals surface area contributed by atoms with Crippen LogP contribution in [0.2, 0.25) is 0 Å². The van der Waals surface area contributed by atoms with Gasteiger partial charge in [0.15, 0.2) is 5.78 Å². The van der Waals surface area contributed by atoms with Crippen molar-refractivity contribution >= 4 is 29.7 Å². The Kier molecular flexibility index (Phi) is 12.6. The molecule has 0 aromatic heterocycles. The number of aliphatic hydroxyl groups excluding tert-OH is 1. The molecule has 0 heterocycles. The molecule has 1 N–H and O–H groups in total. The first-order valence-corrected chi connectivity index (χ1v) is 12.1. The quantitative estimate of drug-likeness (QED) is 0.289. The van der Waals surface area contributed by atoms with Crippen LogP contribution in [0.25, 0.3) is 12.2 Å². The zero-order valence-electron chi connectivity index (χ0n) is 22.0. The maximum absolute atomic E-state index is 12.2. The van der Waals surface area contributed by atoms with E-state index in [1.165, 1.54) is 17.1 Å². The van der Waals surface area contributed by atoms with Crippen LogP contribution in [-0.2, 0) is 19.0 Å². The van der Waals surface area contributed by atoms with E-state index in [2.05, 4.69) is 0 Å². The van der Waals surface area contributed by atoms with Crippen LogP contribution >= 0.6 is 0 Å². The van der Waals surface area contributed by atoms with Crippen LogP contribution in [0.5, 0.6) is 5.75 Å². The van der Waals surface area contributed by atoms with E-state index in [1.807, 2.05) is 57.2 Å². The van der Waals surface area contributed by atoms with E-state index in [1.54, 1.807) is 31.3 Å². The molecule has 0 radical (unpaired) electrons. The van der Waals surface area contributed by atoms with Gasteiger partial charge in [0.25, 0.3) is 0 Å². The maximum atomic E-state index is 12.2. The standard InChI is InChI=1S/C29H37NO7/c1-29(2,3)37-28(33)30(4)25-11-5-23(6-12-25)7-13-26(32)14-8-24-9-15-27(16-10-24)36-22-21-35-20-19-34-18-17-31/h5-16,31H,17-22H2,1-4H3/b13-7+,14-8+. The Hall–Kier alpha value is -3.46. The Labute approximate surface area is 219 Å². The Morgan fingerprint density at radius 1 is 0.811 bits per heavy atom. The molecule has 0 aliphatic carbocycles. The number of benzene rings is 2. The average Bonchev–Trinajstić information content (AvgIpc) is 2.87. The molecular formula is C29H37NO7. The lowest BCUT2D eigenvalue weighted by Crippen LogP contribution is -2.34. The number of hydrogen-bond acceptors (Lipinski definition) is 7. The van der Waals surface area contributed by atoms with Crippen LogP contribution in [0.3, 0.4) is 0 Å². The van der Waals surface area contributed by atoms with Gasteiger partial charge in [-0.05, 0) is 68.3 Å². The molecule has 2 aromatic carbocycles. The number of carbonyl (C=O) groups excluding carboxylic acids is 2. The summed E-state index contributed by atoms with van der Waals surface area (Å²) in [6.45, 7) is 7.52. The summed E-state index contributed by atoms with van der Waals surface area (Å²) in [4.78, 5) is 25.9. The fourth-order valence-electron chi connectivity index (χ4n) is 2.94.